The summed E-state index contributed by atoms with van der Waals surface area (Å²) in [6.45, 7) is 6.31. The Morgan fingerprint density at radius 2 is 2.00 bits per heavy atom. The minimum absolute atomic E-state index is 0.744. The number of pyridine rings is 2. The number of aromatic nitrogens is 3. The van der Waals surface area contributed by atoms with E-state index in [1.54, 1.807) is 0 Å². The molecule has 4 heterocycles. The van der Waals surface area contributed by atoms with Gasteiger partial charge in [-0.25, -0.2) is 9.97 Å². The van der Waals surface area contributed by atoms with Crippen LogP contribution in [0, 0.1) is 5.92 Å². The monoisotopic (exact) mass is 378 g/mol. The maximum Gasteiger partial charge on any atom is 0.139 e. The number of anilines is 2. The minimum Gasteiger partial charge on any atom is -0.380 e. The predicted octanol–water partition coefficient (Wildman–Crippen LogP) is 3.89. The van der Waals surface area contributed by atoms with Crippen LogP contribution in [0.15, 0.2) is 36.7 Å². The summed E-state index contributed by atoms with van der Waals surface area (Å²) in [4.78, 5) is 14.8. The molecule has 0 unspecified atom stereocenters. The molecule has 0 aliphatic carbocycles. The molecule has 3 aromatic rings. The number of fused-ring (bicyclic) bond motifs is 1. The zero-order chi connectivity index (χ0) is 19.3. The zero-order valence-electron chi connectivity index (χ0n) is 16.8. The van der Waals surface area contributed by atoms with Crippen molar-refractivity contribution in [1.82, 2.24) is 19.9 Å². The van der Waals surface area contributed by atoms with Crippen LogP contribution in [0.5, 0.6) is 0 Å². The lowest BCUT2D eigenvalue weighted by Gasteiger charge is -2.29. The first-order valence-electron chi connectivity index (χ1n) is 10.3. The third kappa shape index (κ3) is 4.44. The molecule has 28 heavy (non-hydrogen) atoms. The van der Waals surface area contributed by atoms with Gasteiger partial charge in [-0.2, -0.15) is 0 Å². The van der Waals surface area contributed by atoms with Crippen LogP contribution in [0.2, 0.25) is 0 Å². The Balaban J connectivity index is 1.32. The van der Waals surface area contributed by atoms with Crippen LogP contribution in [0.1, 0.15) is 31.0 Å². The van der Waals surface area contributed by atoms with Crippen LogP contribution in [0.4, 0.5) is 11.5 Å². The van der Waals surface area contributed by atoms with Gasteiger partial charge in [0.05, 0.1) is 0 Å². The van der Waals surface area contributed by atoms with Gasteiger partial charge in [-0.3, -0.25) is 0 Å². The summed E-state index contributed by atoms with van der Waals surface area (Å²) in [6, 6.07) is 8.43. The highest BCUT2D eigenvalue weighted by atomic mass is 15.1. The quantitative estimate of drug-likeness (QED) is 0.582. The standard InChI is InChI=1S/C22H30N6/c1-3-18-12-19-20(6-9-23-22(19)27-18)24-14-17-4-5-21(26-15-17)25-13-16-7-10-28(2)11-8-16/h4-6,9,12,15-16H,3,7-8,10-11,13-14H2,1-2H3,(H,25,26)(H2,23,24,27). The molecule has 0 aromatic carbocycles. The number of H-pyrrole nitrogens is 1. The summed E-state index contributed by atoms with van der Waals surface area (Å²) in [5.74, 6) is 1.72. The molecule has 6 nitrogen and oxygen atoms in total. The van der Waals surface area contributed by atoms with Crippen molar-refractivity contribution in [3.05, 3.63) is 47.9 Å². The molecule has 1 fully saturated rings. The molecule has 0 bridgehead atoms. The van der Waals surface area contributed by atoms with Gasteiger partial charge in [-0.1, -0.05) is 13.0 Å². The number of piperidine rings is 1. The van der Waals surface area contributed by atoms with E-state index in [1.807, 2.05) is 18.5 Å². The van der Waals surface area contributed by atoms with Crippen molar-refractivity contribution in [3.63, 3.8) is 0 Å². The van der Waals surface area contributed by atoms with Crippen molar-refractivity contribution in [2.24, 2.45) is 5.92 Å². The fourth-order valence-electron chi connectivity index (χ4n) is 3.77. The molecular formula is C22H30N6. The van der Waals surface area contributed by atoms with Gasteiger partial charge in [0.15, 0.2) is 0 Å². The molecule has 1 aliphatic rings. The Labute approximate surface area is 166 Å². The van der Waals surface area contributed by atoms with E-state index in [0.717, 1.165) is 48.0 Å². The first-order valence-corrected chi connectivity index (χ1v) is 10.3. The van der Waals surface area contributed by atoms with Crippen LogP contribution in [-0.4, -0.2) is 46.5 Å². The molecule has 0 spiro atoms. The summed E-state index contributed by atoms with van der Waals surface area (Å²) in [5.41, 5.74) is 4.42. The minimum atomic E-state index is 0.744. The topological polar surface area (TPSA) is 68.9 Å². The second-order valence-corrected chi connectivity index (χ2v) is 7.80. The Kier molecular flexibility index (Phi) is 5.76. The van der Waals surface area contributed by atoms with E-state index in [9.17, 15) is 0 Å². The number of likely N-dealkylation sites (tertiary alicyclic amines) is 1. The Bertz CT molecular complexity index is 893. The van der Waals surface area contributed by atoms with E-state index >= 15 is 0 Å². The third-order valence-electron chi connectivity index (χ3n) is 5.69. The zero-order valence-corrected chi connectivity index (χ0v) is 16.8. The predicted molar refractivity (Wildman–Crippen MR) is 116 cm³/mol. The first kappa shape index (κ1) is 18.7. The molecule has 6 heteroatoms. The lowest BCUT2D eigenvalue weighted by atomic mass is 9.97. The Morgan fingerprint density at radius 1 is 1.14 bits per heavy atom. The maximum atomic E-state index is 4.59. The molecule has 3 N–H and O–H groups in total. The molecular weight excluding hydrogens is 348 g/mol. The van der Waals surface area contributed by atoms with E-state index in [4.69, 9.17) is 0 Å². The van der Waals surface area contributed by atoms with Gasteiger partial charge in [0.25, 0.3) is 0 Å². The van der Waals surface area contributed by atoms with Crippen molar-refractivity contribution >= 4 is 22.5 Å². The van der Waals surface area contributed by atoms with Gasteiger partial charge < -0.3 is 20.5 Å². The number of nitrogens with zero attached hydrogens (tertiary/aromatic N) is 3. The fourth-order valence-corrected chi connectivity index (χ4v) is 3.77. The number of nitrogens with one attached hydrogen (secondary N) is 3. The number of aromatic amines is 1. The molecule has 1 aliphatic heterocycles. The molecule has 0 atom stereocenters. The second kappa shape index (κ2) is 8.61. The highest BCUT2D eigenvalue weighted by Crippen LogP contribution is 2.23. The van der Waals surface area contributed by atoms with E-state index in [1.165, 1.54) is 37.2 Å². The average molecular weight is 379 g/mol. The lowest BCUT2D eigenvalue weighted by Crippen LogP contribution is -2.33. The number of hydrogen-bond donors (Lipinski definition) is 3. The lowest BCUT2D eigenvalue weighted by molar-refractivity contribution is 0.226. The summed E-state index contributed by atoms with van der Waals surface area (Å²) >= 11 is 0. The molecule has 0 amide bonds. The smallest absolute Gasteiger partial charge is 0.139 e. The summed E-state index contributed by atoms with van der Waals surface area (Å²) in [6.07, 6.45) is 7.31. The number of aryl methyl sites for hydroxylation is 1. The highest BCUT2D eigenvalue weighted by Gasteiger charge is 2.16. The molecule has 4 rings (SSSR count). The summed E-state index contributed by atoms with van der Waals surface area (Å²) in [5, 5.41) is 8.17. The molecule has 0 saturated carbocycles. The normalized spacial score (nSPS) is 15.8. The van der Waals surface area contributed by atoms with Crippen molar-refractivity contribution in [2.75, 3.05) is 37.3 Å². The van der Waals surface area contributed by atoms with E-state index in [0.29, 0.717) is 0 Å². The van der Waals surface area contributed by atoms with E-state index < -0.39 is 0 Å². The van der Waals surface area contributed by atoms with Crippen LogP contribution in [0.25, 0.3) is 11.0 Å². The molecule has 1 saturated heterocycles. The fraction of sp³-hybridized carbons (Fsp3) is 0.455. The Hall–Kier alpha value is -2.60. The SMILES string of the molecule is CCc1cc2c(NCc3ccc(NCC4CCN(C)CC4)nc3)ccnc2[nH]1. The average Bonchev–Trinajstić information content (AvgIpc) is 3.17. The number of hydrogen-bond acceptors (Lipinski definition) is 5. The number of rotatable bonds is 7. The summed E-state index contributed by atoms with van der Waals surface area (Å²) in [7, 11) is 2.20. The van der Waals surface area contributed by atoms with Crippen LogP contribution >= 0.6 is 0 Å². The highest BCUT2D eigenvalue weighted by molar-refractivity contribution is 5.89. The van der Waals surface area contributed by atoms with Crippen molar-refractivity contribution in [3.8, 4) is 0 Å². The van der Waals surface area contributed by atoms with Gasteiger partial charge in [-0.05, 0) is 69.1 Å². The second-order valence-electron chi connectivity index (χ2n) is 7.80. The van der Waals surface area contributed by atoms with E-state index in [-0.39, 0.29) is 0 Å². The van der Waals surface area contributed by atoms with Crippen molar-refractivity contribution < 1.29 is 0 Å². The Morgan fingerprint density at radius 3 is 2.75 bits per heavy atom. The van der Waals surface area contributed by atoms with Gasteiger partial charge in [0.1, 0.15) is 11.5 Å². The van der Waals surface area contributed by atoms with Crippen LogP contribution < -0.4 is 10.6 Å². The van der Waals surface area contributed by atoms with Crippen molar-refractivity contribution in [1.29, 1.82) is 0 Å². The first-order chi connectivity index (χ1) is 13.7. The van der Waals surface area contributed by atoms with Crippen LogP contribution in [-0.2, 0) is 13.0 Å². The van der Waals surface area contributed by atoms with Crippen molar-refractivity contribution in [2.45, 2.75) is 32.7 Å². The van der Waals surface area contributed by atoms with Crippen LogP contribution in [0.3, 0.4) is 0 Å². The van der Waals surface area contributed by atoms with Gasteiger partial charge in [0, 0.05) is 42.3 Å². The van der Waals surface area contributed by atoms with E-state index in [2.05, 4.69) is 62.7 Å². The summed E-state index contributed by atoms with van der Waals surface area (Å²) < 4.78 is 0. The van der Waals surface area contributed by atoms with Gasteiger partial charge in [-0.15, -0.1) is 0 Å². The van der Waals surface area contributed by atoms with Gasteiger partial charge >= 0.3 is 0 Å². The molecule has 148 valence electrons. The molecule has 0 radical (unpaired) electrons. The molecule has 3 aromatic heterocycles. The maximum absolute atomic E-state index is 4.59. The van der Waals surface area contributed by atoms with Gasteiger partial charge in [0.2, 0.25) is 0 Å². The largest absolute Gasteiger partial charge is 0.380 e. The third-order valence-corrected chi connectivity index (χ3v) is 5.69.